The quantitative estimate of drug-likeness (QED) is 0.777. The van der Waals surface area contributed by atoms with Gasteiger partial charge in [-0.05, 0) is 25.1 Å². The zero-order valence-electron chi connectivity index (χ0n) is 10.4. The van der Waals surface area contributed by atoms with Gasteiger partial charge < -0.3 is 14.0 Å². The van der Waals surface area contributed by atoms with E-state index >= 15 is 0 Å². The number of benzene rings is 1. The lowest BCUT2D eigenvalue weighted by Gasteiger charge is -2.08. The van der Waals surface area contributed by atoms with Gasteiger partial charge in [0.25, 0.3) is 0 Å². The van der Waals surface area contributed by atoms with Gasteiger partial charge in [0.1, 0.15) is 11.5 Å². The first-order valence-corrected chi connectivity index (χ1v) is 5.35. The highest BCUT2D eigenvalue weighted by Gasteiger charge is 2.18. The molecule has 0 aliphatic heterocycles. The molecule has 18 heavy (non-hydrogen) atoms. The number of nitrogens with zero attached hydrogens (tertiary/aromatic N) is 1. The van der Waals surface area contributed by atoms with E-state index < -0.39 is 0 Å². The second-order valence-electron chi connectivity index (χ2n) is 3.69. The molecule has 0 saturated heterocycles. The van der Waals surface area contributed by atoms with Crippen LogP contribution < -0.4 is 9.47 Å². The predicted octanol–water partition coefficient (Wildman–Crippen LogP) is 2.48. The molecule has 0 aliphatic rings. The Bertz CT molecular complexity index is 574. The maximum Gasteiger partial charge on any atom is 0.181 e. The fraction of sp³-hybridized carbons (Fsp3) is 0.231. The molecule has 0 spiro atoms. The molecule has 0 radical (unpaired) electrons. The zero-order chi connectivity index (χ0) is 13.1. The first kappa shape index (κ1) is 12.2. The summed E-state index contributed by atoms with van der Waals surface area (Å²) >= 11 is 0. The van der Waals surface area contributed by atoms with Crippen molar-refractivity contribution < 1.29 is 18.8 Å². The number of carbonyl (C=O) groups excluding carboxylic acids is 1. The third-order valence-corrected chi connectivity index (χ3v) is 2.68. The maximum absolute atomic E-state index is 11.1. The highest BCUT2D eigenvalue weighted by Crippen LogP contribution is 2.35. The molecule has 1 heterocycles. The highest BCUT2D eigenvalue weighted by atomic mass is 16.5. The Balaban J connectivity index is 2.64. The molecule has 0 N–H and O–H groups in total. The first-order chi connectivity index (χ1) is 8.71. The van der Waals surface area contributed by atoms with Crippen LogP contribution in [0.5, 0.6) is 11.5 Å². The van der Waals surface area contributed by atoms with E-state index in [4.69, 9.17) is 14.0 Å². The molecular weight excluding hydrogens is 234 g/mol. The Hall–Kier alpha value is -2.30. The summed E-state index contributed by atoms with van der Waals surface area (Å²) in [6, 6.07) is 5.26. The summed E-state index contributed by atoms with van der Waals surface area (Å²) in [4.78, 5) is 11.1. The number of hydrogen-bond acceptors (Lipinski definition) is 5. The maximum atomic E-state index is 11.1. The van der Waals surface area contributed by atoms with Gasteiger partial charge in [-0.2, -0.15) is 0 Å². The fourth-order valence-electron chi connectivity index (χ4n) is 1.70. The van der Waals surface area contributed by atoms with Crippen LogP contribution in [0.2, 0.25) is 0 Å². The summed E-state index contributed by atoms with van der Waals surface area (Å²) in [6.07, 6.45) is 0.722. The van der Waals surface area contributed by atoms with Gasteiger partial charge >= 0.3 is 0 Å². The minimum Gasteiger partial charge on any atom is -0.497 e. The van der Waals surface area contributed by atoms with Crippen molar-refractivity contribution in [2.24, 2.45) is 0 Å². The Morgan fingerprint density at radius 2 is 2.06 bits per heavy atom. The van der Waals surface area contributed by atoms with Crippen LogP contribution in [0.15, 0.2) is 22.7 Å². The zero-order valence-corrected chi connectivity index (χ0v) is 10.4. The van der Waals surface area contributed by atoms with Gasteiger partial charge in [-0.1, -0.05) is 5.16 Å². The Kier molecular flexibility index (Phi) is 3.32. The summed E-state index contributed by atoms with van der Waals surface area (Å²) in [5, 5.41) is 3.79. The lowest BCUT2D eigenvalue weighted by atomic mass is 10.1. The summed E-state index contributed by atoms with van der Waals surface area (Å²) in [6.45, 7) is 1.71. The normalized spacial score (nSPS) is 10.2. The molecule has 5 heteroatoms. The molecule has 0 unspecified atom stereocenters. The molecule has 94 valence electrons. The lowest BCUT2D eigenvalue weighted by molar-refractivity contribution is 0.112. The van der Waals surface area contributed by atoms with E-state index in [1.165, 1.54) is 0 Å². The summed E-state index contributed by atoms with van der Waals surface area (Å²) in [7, 11) is 3.12. The van der Waals surface area contributed by atoms with E-state index in [9.17, 15) is 4.79 Å². The van der Waals surface area contributed by atoms with Crippen molar-refractivity contribution in [1.29, 1.82) is 0 Å². The minimum absolute atomic E-state index is 0.387. The second-order valence-corrected chi connectivity index (χ2v) is 3.69. The van der Waals surface area contributed by atoms with Gasteiger partial charge in [-0.3, -0.25) is 4.79 Å². The number of aldehydes is 1. The fourth-order valence-corrected chi connectivity index (χ4v) is 1.70. The van der Waals surface area contributed by atoms with Gasteiger partial charge in [0.2, 0.25) is 0 Å². The van der Waals surface area contributed by atoms with E-state index in [1.54, 1.807) is 39.3 Å². The van der Waals surface area contributed by atoms with E-state index in [1.807, 2.05) is 0 Å². The predicted molar refractivity (Wildman–Crippen MR) is 65.2 cm³/mol. The van der Waals surface area contributed by atoms with E-state index in [0.29, 0.717) is 34.1 Å². The molecule has 2 rings (SSSR count). The Morgan fingerprint density at radius 3 is 2.67 bits per heavy atom. The van der Waals surface area contributed by atoms with E-state index in [-0.39, 0.29) is 0 Å². The number of aryl methyl sites for hydroxylation is 1. The molecule has 0 fully saturated rings. The van der Waals surface area contributed by atoms with Crippen LogP contribution in [0.25, 0.3) is 11.3 Å². The van der Waals surface area contributed by atoms with Crippen LogP contribution in [-0.2, 0) is 0 Å². The van der Waals surface area contributed by atoms with Crippen molar-refractivity contribution in [1.82, 2.24) is 5.16 Å². The number of methoxy groups -OCH3 is 2. The third-order valence-electron chi connectivity index (χ3n) is 2.68. The van der Waals surface area contributed by atoms with Gasteiger partial charge in [0.05, 0.1) is 31.0 Å². The SMILES string of the molecule is COc1ccc(OC)c(-c2onc(C)c2C=O)c1. The molecule has 1 aromatic heterocycles. The van der Waals surface area contributed by atoms with Gasteiger partial charge in [-0.15, -0.1) is 0 Å². The monoisotopic (exact) mass is 247 g/mol. The summed E-state index contributed by atoms with van der Waals surface area (Å²) in [5.41, 5.74) is 1.60. The van der Waals surface area contributed by atoms with Crippen molar-refractivity contribution in [3.8, 4) is 22.8 Å². The number of hydrogen-bond donors (Lipinski definition) is 0. The Labute approximate surface area is 104 Å². The van der Waals surface area contributed by atoms with Crippen molar-refractivity contribution >= 4 is 6.29 Å². The van der Waals surface area contributed by atoms with Crippen LogP contribution in [-0.4, -0.2) is 25.7 Å². The molecule has 5 nitrogen and oxygen atoms in total. The standard InChI is InChI=1S/C13H13NO4/c1-8-11(7-15)13(18-14-8)10-6-9(16-2)4-5-12(10)17-3/h4-7H,1-3H3. The molecule has 0 bridgehead atoms. The smallest absolute Gasteiger partial charge is 0.181 e. The van der Waals surface area contributed by atoms with E-state index in [2.05, 4.69) is 5.16 Å². The van der Waals surface area contributed by atoms with Crippen LogP contribution in [0.1, 0.15) is 16.1 Å². The van der Waals surface area contributed by atoms with Crippen LogP contribution >= 0.6 is 0 Å². The first-order valence-electron chi connectivity index (χ1n) is 5.35. The van der Waals surface area contributed by atoms with Gasteiger partial charge in [0.15, 0.2) is 12.0 Å². The highest BCUT2D eigenvalue weighted by molar-refractivity contribution is 5.88. The van der Waals surface area contributed by atoms with Crippen molar-refractivity contribution in [3.05, 3.63) is 29.5 Å². The molecule has 0 amide bonds. The van der Waals surface area contributed by atoms with Crippen LogP contribution in [0.4, 0.5) is 0 Å². The summed E-state index contributed by atoms with van der Waals surface area (Å²) < 4.78 is 15.6. The lowest BCUT2D eigenvalue weighted by Crippen LogP contribution is -1.92. The van der Waals surface area contributed by atoms with Crippen LogP contribution in [0.3, 0.4) is 0 Å². The average Bonchev–Trinajstić information content (AvgIpc) is 2.78. The summed E-state index contributed by atoms with van der Waals surface area (Å²) in [5.74, 6) is 1.63. The molecular formula is C13H13NO4. The van der Waals surface area contributed by atoms with Crippen molar-refractivity contribution in [2.45, 2.75) is 6.92 Å². The van der Waals surface area contributed by atoms with Crippen molar-refractivity contribution in [3.63, 3.8) is 0 Å². The second kappa shape index (κ2) is 4.91. The number of carbonyl (C=O) groups is 1. The molecule has 0 aliphatic carbocycles. The van der Waals surface area contributed by atoms with Crippen molar-refractivity contribution in [2.75, 3.05) is 14.2 Å². The molecule has 0 atom stereocenters. The molecule has 0 saturated carbocycles. The molecule has 2 aromatic rings. The largest absolute Gasteiger partial charge is 0.497 e. The van der Waals surface area contributed by atoms with Gasteiger partial charge in [0, 0.05) is 0 Å². The number of ether oxygens (including phenoxy) is 2. The minimum atomic E-state index is 0.387. The third kappa shape index (κ3) is 1.95. The van der Waals surface area contributed by atoms with Gasteiger partial charge in [-0.25, -0.2) is 0 Å². The average molecular weight is 247 g/mol. The van der Waals surface area contributed by atoms with Crippen LogP contribution in [0, 0.1) is 6.92 Å². The van der Waals surface area contributed by atoms with E-state index in [0.717, 1.165) is 6.29 Å². The number of aromatic nitrogens is 1. The molecule has 1 aromatic carbocycles. The topological polar surface area (TPSA) is 61.6 Å². The Morgan fingerprint density at radius 1 is 1.28 bits per heavy atom. The number of rotatable bonds is 4.